The highest BCUT2D eigenvalue weighted by atomic mass is 16.1. The molecule has 0 aliphatic heterocycles. The normalized spacial score (nSPS) is 10.4. The lowest BCUT2D eigenvalue weighted by atomic mass is 10.1. The van der Waals surface area contributed by atoms with E-state index in [0.717, 1.165) is 16.5 Å². The molecule has 0 aliphatic rings. The molecule has 0 saturated carbocycles. The zero-order valence-corrected chi connectivity index (χ0v) is 8.00. The van der Waals surface area contributed by atoms with Crippen LogP contribution in [0, 0.1) is 6.92 Å². The van der Waals surface area contributed by atoms with Gasteiger partial charge in [0.1, 0.15) is 0 Å². The number of H-pyrrole nitrogens is 1. The van der Waals surface area contributed by atoms with E-state index in [1.165, 1.54) is 6.08 Å². The lowest BCUT2D eigenvalue weighted by Crippen LogP contribution is -1.92. The van der Waals surface area contributed by atoms with Gasteiger partial charge in [-0.2, -0.15) is 0 Å². The molecule has 2 aromatic rings. The van der Waals surface area contributed by atoms with E-state index in [1.807, 2.05) is 25.1 Å². The number of rotatable bonds is 2. The molecule has 0 spiro atoms. The quantitative estimate of drug-likeness (QED) is 0.566. The number of ketones is 1. The van der Waals surface area contributed by atoms with Crippen molar-refractivity contribution in [3.8, 4) is 0 Å². The monoisotopic (exact) mass is 185 g/mol. The third kappa shape index (κ3) is 1.16. The van der Waals surface area contributed by atoms with E-state index in [0.29, 0.717) is 5.56 Å². The summed E-state index contributed by atoms with van der Waals surface area (Å²) in [6.07, 6.45) is 3.08. The number of carbonyl (C=O) groups is 1. The smallest absolute Gasteiger partial charge is 0.187 e. The van der Waals surface area contributed by atoms with E-state index in [1.54, 1.807) is 6.20 Å². The Morgan fingerprint density at radius 1 is 1.50 bits per heavy atom. The summed E-state index contributed by atoms with van der Waals surface area (Å²) in [6, 6.07) is 5.93. The second kappa shape index (κ2) is 3.14. The second-order valence-corrected chi connectivity index (χ2v) is 3.27. The molecule has 2 heteroatoms. The van der Waals surface area contributed by atoms with Crippen LogP contribution < -0.4 is 0 Å². The van der Waals surface area contributed by atoms with E-state index in [-0.39, 0.29) is 5.78 Å². The molecule has 2 rings (SSSR count). The Hall–Kier alpha value is -1.83. The molecular formula is C12H11NO. The molecule has 70 valence electrons. The minimum absolute atomic E-state index is 0.0365. The van der Waals surface area contributed by atoms with Crippen molar-refractivity contribution in [3.63, 3.8) is 0 Å². The van der Waals surface area contributed by atoms with Crippen LogP contribution in [0.2, 0.25) is 0 Å². The summed E-state index contributed by atoms with van der Waals surface area (Å²) < 4.78 is 0. The van der Waals surface area contributed by atoms with Gasteiger partial charge in [-0.1, -0.05) is 18.7 Å². The summed E-state index contributed by atoms with van der Waals surface area (Å²) in [5.41, 5.74) is 2.80. The lowest BCUT2D eigenvalue weighted by molar-refractivity contribution is 0.104. The fourth-order valence-electron chi connectivity index (χ4n) is 1.67. The molecule has 0 unspecified atom stereocenters. The van der Waals surface area contributed by atoms with Gasteiger partial charge in [-0.15, -0.1) is 0 Å². The average molecular weight is 185 g/mol. The van der Waals surface area contributed by atoms with Gasteiger partial charge in [0.05, 0.1) is 0 Å². The zero-order chi connectivity index (χ0) is 10.1. The Balaban J connectivity index is 2.79. The van der Waals surface area contributed by atoms with Gasteiger partial charge in [0.2, 0.25) is 0 Å². The standard InChI is InChI=1S/C12H11NO/c1-3-11(14)9-7-13-10-6-4-5-8(2)12(9)10/h3-7,13H,1H2,2H3. The van der Waals surface area contributed by atoms with Crippen LogP contribution in [0.1, 0.15) is 15.9 Å². The van der Waals surface area contributed by atoms with Crippen LogP contribution in [0.3, 0.4) is 0 Å². The van der Waals surface area contributed by atoms with Gasteiger partial charge in [0, 0.05) is 22.7 Å². The van der Waals surface area contributed by atoms with Crippen LogP contribution >= 0.6 is 0 Å². The number of nitrogens with one attached hydrogen (secondary N) is 1. The van der Waals surface area contributed by atoms with E-state index in [4.69, 9.17) is 0 Å². The van der Waals surface area contributed by atoms with Crippen LogP contribution in [-0.4, -0.2) is 10.8 Å². The molecule has 0 aliphatic carbocycles. The fourth-order valence-corrected chi connectivity index (χ4v) is 1.67. The van der Waals surface area contributed by atoms with Gasteiger partial charge in [-0.3, -0.25) is 4.79 Å². The minimum atomic E-state index is -0.0365. The third-order valence-corrected chi connectivity index (χ3v) is 2.36. The van der Waals surface area contributed by atoms with Crippen molar-refractivity contribution in [2.45, 2.75) is 6.92 Å². The first-order valence-corrected chi connectivity index (χ1v) is 4.47. The van der Waals surface area contributed by atoms with Crippen molar-refractivity contribution in [3.05, 3.63) is 48.2 Å². The fraction of sp³-hybridized carbons (Fsp3) is 0.0833. The zero-order valence-electron chi connectivity index (χ0n) is 8.00. The largest absolute Gasteiger partial charge is 0.360 e. The summed E-state index contributed by atoms with van der Waals surface area (Å²) in [6.45, 7) is 5.49. The highest BCUT2D eigenvalue weighted by Crippen LogP contribution is 2.22. The minimum Gasteiger partial charge on any atom is -0.360 e. The lowest BCUT2D eigenvalue weighted by Gasteiger charge is -1.97. The van der Waals surface area contributed by atoms with Crippen molar-refractivity contribution in [1.82, 2.24) is 4.98 Å². The molecule has 0 fully saturated rings. The predicted octanol–water partition coefficient (Wildman–Crippen LogP) is 2.85. The first-order valence-electron chi connectivity index (χ1n) is 4.47. The molecule has 1 aromatic carbocycles. The van der Waals surface area contributed by atoms with Gasteiger partial charge in [0.15, 0.2) is 5.78 Å². The first kappa shape index (κ1) is 8.75. The summed E-state index contributed by atoms with van der Waals surface area (Å²) >= 11 is 0. The summed E-state index contributed by atoms with van der Waals surface area (Å²) in [5.74, 6) is -0.0365. The van der Waals surface area contributed by atoms with Gasteiger partial charge < -0.3 is 4.98 Å². The molecule has 0 saturated heterocycles. The van der Waals surface area contributed by atoms with Crippen LogP contribution in [-0.2, 0) is 0 Å². The molecule has 0 amide bonds. The van der Waals surface area contributed by atoms with E-state index in [9.17, 15) is 4.79 Å². The topological polar surface area (TPSA) is 32.9 Å². The number of aryl methyl sites for hydroxylation is 1. The van der Waals surface area contributed by atoms with E-state index in [2.05, 4.69) is 11.6 Å². The maximum Gasteiger partial charge on any atom is 0.187 e. The number of hydrogen-bond acceptors (Lipinski definition) is 1. The molecule has 0 bridgehead atoms. The Bertz CT molecular complexity index is 508. The first-order chi connectivity index (χ1) is 6.74. The van der Waals surface area contributed by atoms with Gasteiger partial charge in [0.25, 0.3) is 0 Å². The number of aromatic nitrogens is 1. The van der Waals surface area contributed by atoms with Crippen molar-refractivity contribution in [1.29, 1.82) is 0 Å². The van der Waals surface area contributed by atoms with E-state index < -0.39 is 0 Å². The molecule has 14 heavy (non-hydrogen) atoms. The SMILES string of the molecule is C=CC(=O)c1c[nH]c2cccc(C)c12. The van der Waals surface area contributed by atoms with Crippen molar-refractivity contribution < 1.29 is 4.79 Å². The molecule has 1 N–H and O–H groups in total. The van der Waals surface area contributed by atoms with Crippen molar-refractivity contribution >= 4 is 16.7 Å². The summed E-state index contributed by atoms with van der Waals surface area (Å²) in [5, 5.41) is 0.998. The van der Waals surface area contributed by atoms with Gasteiger partial charge in [-0.05, 0) is 24.6 Å². The third-order valence-electron chi connectivity index (χ3n) is 2.36. The number of aromatic amines is 1. The molecule has 1 heterocycles. The van der Waals surface area contributed by atoms with Crippen molar-refractivity contribution in [2.75, 3.05) is 0 Å². The van der Waals surface area contributed by atoms with Crippen LogP contribution in [0.25, 0.3) is 10.9 Å². The molecule has 2 nitrogen and oxygen atoms in total. The molecule has 0 atom stereocenters. The Morgan fingerprint density at radius 3 is 3.00 bits per heavy atom. The Labute approximate surface area is 82.3 Å². The summed E-state index contributed by atoms with van der Waals surface area (Å²) in [7, 11) is 0. The predicted molar refractivity (Wildman–Crippen MR) is 57.6 cm³/mol. The van der Waals surface area contributed by atoms with Crippen LogP contribution in [0.15, 0.2) is 37.1 Å². The van der Waals surface area contributed by atoms with E-state index >= 15 is 0 Å². The highest BCUT2D eigenvalue weighted by Gasteiger charge is 2.09. The Kier molecular flexibility index (Phi) is 1.97. The Morgan fingerprint density at radius 2 is 2.29 bits per heavy atom. The number of allylic oxidation sites excluding steroid dienone is 1. The van der Waals surface area contributed by atoms with Crippen LogP contribution in [0.4, 0.5) is 0 Å². The molecule has 1 aromatic heterocycles. The maximum absolute atomic E-state index is 11.5. The average Bonchev–Trinajstić information content (AvgIpc) is 2.62. The summed E-state index contributed by atoms with van der Waals surface area (Å²) in [4.78, 5) is 14.6. The molecular weight excluding hydrogens is 174 g/mol. The number of benzene rings is 1. The van der Waals surface area contributed by atoms with Crippen molar-refractivity contribution in [2.24, 2.45) is 0 Å². The number of carbonyl (C=O) groups excluding carboxylic acids is 1. The molecule has 0 radical (unpaired) electrons. The second-order valence-electron chi connectivity index (χ2n) is 3.27. The van der Waals surface area contributed by atoms with Gasteiger partial charge in [-0.25, -0.2) is 0 Å². The number of hydrogen-bond donors (Lipinski definition) is 1. The highest BCUT2D eigenvalue weighted by molar-refractivity contribution is 6.13. The number of fused-ring (bicyclic) bond motifs is 1. The maximum atomic E-state index is 11.5. The van der Waals surface area contributed by atoms with Gasteiger partial charge >= 0.3 is 0 Å². The van der Waals surface area contributed by atoms with Crippen LogP contribution in [0.5, 0.6) is 0 Å².